The summed E-state index contributed by atoms with van der Waals surface area (Å²) in [4.78, 5) is 11.4. The van der Waals surface area contributed by atoms with Crippen LogP contribution in [-0.2, 0) is 0 Å². The lowest BCUT2D eigenvalue weighted by atomic mass is 10.0. The topological polar surface area (TPSA) is 35.5 Å². The van der Waals surface area contributed by atoms with Gasteiger partial charge in [-0.2, -0.15) is 0 Å². The molecular formula is C21H16F4O3. The Kier molecular flexibility index (Phi) is 5.82. The van der Waals surface area contributed by atoms with Gasteiger partial charge in [-0.1, -0.05) is 24.3 Å². The Morgan fingerprint density at radius 2 is 1.68 bits per heavy atom. The average molecular weight is 392 g/mol. The fourth-order valence-electron chi connectivity index (χ4n) is 2.75. The van der Waals surface area contributed by atoms with Crippen molar-refractivity contribution in [1.82, 2.24) is 0 Å². The fourth-order valence-corrected chi connectivity index (χ4v) is 2.75. The number of allylic oxidation sites excluding steroid dienone is 3. The number of carbonyl (C=O) groups excluding carboxylic acids is 1. The number of ether oxygens (including phenoxy) is 2. The fraction of sp³-hybridized carbons (Fsp3) is 0.190. The van der Waals surface area contributed by atoms with Gasteiger partial charge in [0.1, 0.15) is 23.9 Å². The molecular weight excluding hydrogens is 376 g/mol. The summed E-state index contributed by atoms with van der Waals surface area (Å²) in [6.45, 7) is 0.243. The van der Waals surface area contributed by atoms with Gasteiger partial charge in [0, 0.05) is 6.42 Å². The number of benzene rings is 2. The van der Waals surface area contributed by atoms with E-state index in [0.29, 0.717) is 41.6 Å². The van der Waals surface area contributed by atoms with Crippen LogP contribution in [-0.4, -0.2) is 19.3 Å². The third kappa shape index (κ3) is 5.22. The summed E-state index contributed by atoms with van der Waals surface area (Å²) in [6, 6.07) is 10.3. The molecule has 0 spiro atoms. The van der Waals surface area contributed by atoms with E-state index in [4.69, 9.17) is 4.74 Å². The van der Waals surface area contributed by atoms with Crippen LogP contribution in [0.2, 0.25) is 0 Å². The van der Waals surface area contributed by atoms with Crippen LogP contribution in [0.4, 0.5) is 17.6 Å². The Balaban J connectivity index is 1.73. The van der Waals surface area contributed by atoms with E-state index in [1.807, 2.05) is 0 Å². The van der Waals surface area contributed by atoms with E-state index in [2.05, 4.69) is 4.74 Å². The number of hydrogen-bond acceptors (Lipinski definition) is 3. The molecule has 0 aromatic heterocycles. The summed E-state index contributed by atoms with van der Waals surface area (Å²) in [5.74, 6) is -0.113. The van der Waals surface area contributed by atoms with E-state index >= 15 is 0 Å². The lowest BCUT2D eigenvalue weighted by Crippen LogP contribution is -2.16. The second kappa shape index (κ2) is 8.29. The molecule has 0 radical (unpaired) electrons. The van der Waals surface area contributed by atoms with Crippen molar-refractivity contribution < 1.29 is 31.8 Å². The van der Waals surface area contributed by atoms with Crippen LogP contribution in [0.1, 0.15) is 23.2 Å². The van der Waals surface area contributed by atoms with Gasteiger partial charge in [-0.3, -0.25) is 4.79 Å². The van der Waals surface area contributed by atoms with Gasteiger partial charge in [0.2, 0.25) is 0 Å². The molecule has 0 N–H and O–H groups in total. The standard InChI is InChI=1S/C21H16F4O3/c22-18-6-1-14(2-7-18)13-27-20-10-5-16(11-17(20)12-26)15-3-8-19(9-4-15)28-21(23,24)25/h1,3-6,8-12H,2,7,13H2. The van der Waals surface area contributed by atoms with Crippen LogP contribution in [0.15, 0.2) is 66.0 Å². The first-order valence-electron chi connectivity index (χ1n) is 8.46. The summed E-state index contributed by atoms with van der Waals surface area (Å²) in [5, 5.41) is 0. The third-order valence-electron chi connectivity index (χ3n) is 4.16. The molecule has 3 rings (SSSR count). The predicted molar refractivity (Wildman–Crippen MR) is 96.0 cm³/mol. The van der Waals surface area contributed by atoms with Gasteiger partial charge in [0.05, 0.1) is 5.56 Å². The lowest BCUT2D eigenvalue weighted by Gasteiger charge is -2.14. The van der Waals surface area contributed by atoms with E-state index in [0.717, 1.165) is 5.57 Å². The zero-order valence-electron chi connectivity index (χ0n) is 14.6. The number of alkyl halides is 3. The number of rotatable bonds is 6. The Bertz CT molecular complexity index is 912. The van der Waals surface area contributed by atoms with Crippen molar-refractivity contribution in [2.24, 2.45) is 0 Å². The van der Waals surface area contributed by atoms with Crippen LogP contribution >= 0.6 is 0 Å². The van der Waals surface area contributed by atoms with E-state index in [1.165, 1.54) is 30.3 Å². The predicted octanol–water partition coefficient (Wildman–Crippen LogP) is 6.02. The minimum Gasteiger partial charge on any atom is -0.488 e. The molecule has 1 aliphatic carbocycles. The highest BCUT2D eigenvalue weighted by atomic mass is 19.4. The largest absolute Gasteiger partial charge is 0.573 e. The minimum atomic E-state index is -4.75. The van der Waals surface area contributed by atoms with Gasteiger partial charge < -0.3 is 9.47 Å². The number of aldehydes is 1. The maximum atomic E-state index is 13.0. The molecule has 28 heavy (non-hydrogen) atoms. The Hall–Kier alpha value is -3.09. The van der Waals surface area contributed by atoms with Crippen molar-refractivity contribution in [2.45, 2.75) is 19.2 Å². The second-order valence-corrected chi connectivity index (χ2v) is 6.17. The zero-order chi connectivity index (χ0) is 20.1. The van der Waals surface area contributed by atoms with Gasteiger partial charge in [0.15, 0.2) is 6.29 Å². The number of halogens is 4. The van der Waals surface area contributed by atoms with Gasteiger partial charge in [-0.25, -0.2) is 4.39 Å². The molecule has 0 saturated heterocycles. The maximum Gasteiger partial charge on any atom is 0.573 e. The molecule has 0 fully saturated rings. The SMILES string of the molecule is O=Cc1cc(-c2ccc(OC(F)(F)F)cc2)ccc1OCC1=CC=C(F)CC1. The number of hydrogen-bond donors (Lipinski definition) is 0. The molecule has 2 aromatic rings. The van der Waals surface area contributed by atoms with Gasteiger partial charge in [-0.15, -0.1) is 13.2 Å². The Morgan fingerprint density at radius 1 is 0.964 bits per heavy atom. The first-order valence-corrected chi connectivity index (χ1v) is 8.46. The molecule has 0 amide bonds. The van der Waals surface area contributed by atoms with Crippen LogP contribution in [0, 0.1) is 0 Å². The van der Waals surface area contributed by atoms with Gasteiger partial charge >= 0.3 is 6.36 Å². The second-order valence-electron chi connectivity index (χ2n) is 6.17. The summed E-state index contributed by atoms with van der Waals surface area (Å²) in [7, 11) is 0. The normalized spacial score (nSPS) is 14.1. The maximum absolute atomic E-state index is 13.0. The smallest absolute Gasteiger partial charge is 0.488 e. The molecule has 0 atom stereocenters. The van der Waals surface area contributed by atoms with Crippen molar-refractivity contribution in [3.8, 4) is 22.6 Å². The molecule has 0 bridgehead atoms. The highest BCUT2D eigenvalue weighted by molar-refractivity contribution is 5.83. The summed E-state index contributed by atoms with van der Waals surface area (Å²) in [6.07, 6.45) is -0.141. The summed E-state index contributed by atoms with van der Waals surface area (Å²) >= 11 is 0. The molecule has 146 valence electrons. The molecule has 0 unspecified atom stereocenters. The highest BCUT2D eigenvalue weighted by Gasteiger charge is 2.30. The third-order valence-corrected chi connectivity index (χ3v) is 4.16. The van der Waals surface area contributed by atoms with E-state index < -0.39 is 6.36 Å². The van der Waals surface area contributed by atoms with Crippen molar-refractivity contribution in [3.05, 3.63) is 71.6 Å². The van der Waals surface area contributed by atoms with Crippen LogP contribution < -0.4 is 9.47 Å². The Morgan fingerprint density at radius 3 is 2.29 bits per heavy atom. The van der Waals surface area contributed by atoms with Crippen molar-refractivity contribution in [1.29, 1.82) is 0 Å². The zero-order valence-corrected chi connectivity index (χ0v) is 14.6. The molecule has 0 heterocycles. The van der Waals surface area contributed by atoms with E-state index in [1.54, 1.807) is 24.3 Å². The quantitative estimate of drug-likeness (QED) is 0.446. The molecule has 2 aromatic carbocycles. The van der Waals surface area contributed by atoms with Gasteiger partial charge in [-0.05, 0) is 53.5 Å². The van der Waals surface area contributed by atoms with E-state index in [9.17, 15) is 22.4 Å². The van der Waals surface area contributed by atoms with Crippen molar-refractivity contribution in [2.75, 3.05) is 6.61 Å². The molecule has 0 saturated carbocycles. The highest BCUT2D eigenvalue weighted by Crippen LogP contribution is 2.30. The average Bonchev–Trinajstić information content (AvgIpc) is 2.67. The molecule has 0 aliphatic heterocycles. The Labute approximate surface area is 158 Å². The first kappa shape index (κ1) is 19.7. The van der Waals surface area contributed by atoms with Crippen LogP contribution in [0.3, 0.4) is 0 Å². The lowest BCUT2D eigenvalue weighted by molar-refractivity contribution is -0.274. The first-order chi connectivity index (χ1) is 13.3. The summed E-state index contributed by atoms with van der Waals surface area (Å²) in [5.41, 5.74) is 2.50. The summed E-state index contributed by atoms with van der Waals surface area (Å²) < 4.78 is 59.2. The minimum absolute atomic E-state index is 0.173. The molecule has 7 heteroatoms. The monoisotopic (exact) mass is 392 g/mol. The van der Waals surface area contributed by atoms with Crippen molar-refractivity contribution in [3.63, 3.8) is 0 Å². The molecule has 3 nitrogen and oxygen atoms in total. The van der Waals surface area contributed by atoms with Gasteiger partial charge in [0.25, 0.3) is 0 Å². The molecule has 1 aliphatic rings. The van der Waals surface area contributed by atoms with Crippen molar-refractivity contribution >= 4 is 6.29 Å². The number of carbonyl (C=O) groups is 1. The van der Waals surface area contributed by atoms with E-state index in [-0.39, 0.29) is 18.2 Å². The van der Waals surface area contributed by atoms with Crippen LogP contribution in [0.25, 0.3) is 11.1 Å². The van der Waals surface area contributed by atoms with Crippen LogP contribution in [0.5, 0.6) is 11.5 Å².